The molecule has 2 amide bonds. The maximum Gasteiger partial charge on any atom is 0.469 e. The molecule has 0 saturated carbocycles. The van der Waals surface area contributed by atoms with Gasteiger partial charge in [0.15, 0.2) is 0 Å². The van der Waals surface area contributed by atoms with Crippen molar-refractivity contribution in [1.29, 1.82) is 0 Å². The largest absolute Gasteiger partial charge is 0.469 e. The number of nitrogens with one attached hydrogen (secondary N) is 2. The Morgan fingerprint density at radius 1 is 1.03 bits per heavy atom. The quantitative estimate of drug-likeness (QED) is 0.0813. The minimum atomic E-state index is -4.96. The van der Waals surface area contributed by atoms with E-state index < -0.39 is 55.0 Å². The van der Waals surface area contributed by atoms with Crippen LogP contribution in [0.15, 0.2) is 0 Å². The number of phosphoric acid groups is 1. The van der Waals surface area contributed by atoms with Gasteiger partial charge in [0, 0.05) is 17.4 Å². The second-order valence-electron chi connectivity index (χ2n) is 11.1. The zero-order valence-corrected chi connectivity index (χ0v) is 23.4. The molecule has 0 aromatic carbocycles. The topological polar surface area (TPSA) is 204 Å². The van der Waals surface area contributed by atoms with Gasteiger partial charge in [-0.05, 0) is 47.5 Å². The van der Waals surface area contributed by atoms with E-state index in [1.54, 1.807) is 11.8 Å². The molecule has 4 unspecified atom stereocenters. The number of unbranched alkanes of at least 4 members (excludes halogenated alkanes) is 1. The van der Waals surface area contributed by atoms with Crippen molar-refractivity contribution in [3.8, 4) is 0 Å². The number of rotatable bonds is 10. The van der Waals surface area contributed by atoms with Crippen LogP contribution in [0.1, 0.15) is 60.3 Å². The van der Waals surface area contributed by atoms with Crippen molar-refractivity contribution < 1.29 is 53.3 Å². The van der Waals surface area contributed by atoms with Crippen LogP contribution in [-0.4, -0.2) is 101 Å². The first-order valence-corrected chi connectivity index (χ1v) is 14.8. The third-order valence-corrected chi connectivity index (χ3v) is 10.5. The van der Waals surface area contributed by atoms with Crippen LogP contribution >= 0.6 is 19.6 Å². The molecule has 15 heteroatoms. The number of urea groups is 1. The fourth-order valence-electron chi connectivity index (χ4n) is 5.30. The zero-order valence-electron chi connectivity index (χ0n) is 21.7. The molecule has 214 valence electrons. The van der Waals surface area contributed by atoms with Gasteiger partial charge in [0.1, 0.15) is 34.6 Å². The zero-order chi connectivity index (χ0) is 28.1. The van der Waals surface area contributed by atoms with Gasteiger partial charge < -0.3 is 45.2 Å². The summed E-state index contributed by atoms with van der Waals surface area (Å²) in [5.74, 6) is 0.294. The Hall–Kier alpha value is -0.960. The molecule has 0 radical (unpaired) electrons. The number of phosphoric ester groups is 1. The molecule has 3 heterocycles. The highest BCUT2D eigenvalue weighted by Gasteiger charge is 2.74. The van der Waals surface area contributed by atoms with E-state index in [1.807, 2.05) is 0 Å². The fraction of sp³-hybridized carbons (Fsp3) is 0.909. The number of amides is 2. The van der Waals surface area contributed by atoms with Crippen molar-refractivity contribution in [3.05, 3.63) is 0 Å². The SMILES string of the molecule is CC1(COP(=O)(O)O)O[C@](C)(COC(=O)CCCCC2SC[C@@H]3NC(=O)N[C@H]23)[C@](C)(O)C(C)(O)C1(C)O. The van der Waals surface area contributed by atoms with Gasteiger partial charge in [-0.2, -0.15) is 11.8 Å². The molecule has 0 spiro atoms. The molecule has 7 N–H and O–H groups in total. The van der Waals surface area contributed by atoms with E-state index in [-0.39, 0.29) is 29.8 Å². The first kappa shape index (κ1) is 30.6. The van der Waals surface area contributed by atoms with Crippen molar-refractivity contribution >= 4 is 31.6 Å². The molecule has 0 aromatic rings. The minimum Gasteiger partial charge on any atom is -0.462 e. The van der Waals surface area contributed by atoms with Crippen molar-refractivity contribution in [2.24, 2.45) is 0 Å². The summed E-state index contributed by atoms with van der Waals surface area (Å²) in [6, 6.07) is 0.0688. The Balaban J connectivity index is 1.58. The number of fused-ring (bicyclic) bond motifs is 1. The third kappa shape index (κ3) is 5.68. The molecule has 3 rings (SSSR count). The normalized spacial score (nSPS) is 43.7. The Bertz CT molecular complexity index is 942. The van der Waals surface area contributed by atoms with Crippen molar-refractivity contribution in [2.75, 3.05) is 19.0 Å². The molecule has 0 aliphatic carbocycles. The lowest BCUT2D eigenvalue weighted by Crippen LogP contribution is -2.85. The molecule has 37 heavy (non-hydrogen) atoms. The molecule has 3 aliphatic rings. The van der Waals surface area contributed by atoms with E-state index in [1.165, 1.54) is 27.7 Å². The molecule has 8 atom stereocenters. The summed E-state index contributed by atoms with van der Waals surface area (Å²) in [5.41, 5.74) is -10.4. The van der Waals surface area contributed by atoms with Crippen molar-refractivity contribution in [2.45, 2.75) is 106 Å². The molecule has 0 aromatic heterocycles. The molecule has 3 fully saturated rings. The molecule has 3 aliphatic heterocycles. The maximum atomic E-state index is 12.5. The van der Waals surface area contributed by atoms with Gasteiger partial charge in [-0.15, -0.1) is 0 Å². The number of ether oxygens (including phenoxy) is 2. The van der Waals surface area contributed by atoms with Crippen LogP contribution in [-0.2, 0) is 23.4 Å². The Morgan fingerprint density at radius 2 is 1.62 bits per heavy atom. The fourth-order valence-corrected chi connectivity index (χ4v) is 7.25. The van der Waals surface area contributed by atoms with E-state index in [9.17, 15) is 29.5 Å². The number of aliphatic hydroxyl groups is 3. The molecule has 13 nitrogen and oxygen atoms in total. The highest BCUT2D eigenvalue weighted by atomic mass is 32.2. The maximum absolute atomic E-state index is 12.5. The Kier molecular flexibility index (Phi) is 8.44. The lowest BCUT2D eigenvalue weighted by atomic mass is 9.58. The van der Waals surface area contributed by atoms with Crippen LogP contribution in [0.2, 0.25) is 0 Å². The van der Waals surface area contributed by atoms with E-state index in [2.05, 4.69) is 15.2 Å². The van der Waals surface area contributed by atoms with Crippen LogP contribution in [0.5, 0.6) is 0 Å². The average Bonchev–Trinajstić information content (AvgIpc) is 3.31. The number of carbonyl (C=O) groups excluding carboxylic acids is 2. The highest BCUT2D eigenvalue weighted by Crippen LogP contribution is 2.54. The van der Waals surface area contributed by atoms with E-state index in [0.29, 0.717) is 6.42 Å². The van der Waals surface area contributed by atoms with Crippen molar-refractivity contribution in [3.63, 3.8) is 0 Å². The first-order chi connectivity index (χ1) is 16.8. The van der Waals surface area contributed by atoms with Gasteiger partial charge in [0.25, 0.3) is 0 Å². The van der Waals surface area contributed by atoms with Gasteiger partial charge >= 0.3 is 19.8 Å². The van der Waals surface area contributed by atoms with Gasteiger partial charge in [0.2, 0.25) is 0 Å². The van der Waals surface area contributed by atoms with E-state index in [4.69, 9.17) is 19.3 Å². The van der Waals surface area contributed by atoms with Gasteiger partial charge in [-0.3, -0.25) is 9.32 Å². The molecular weight excluding hydrogens is 531 g/mol. The van der Waals surface area contributed by atoms with Gasteiger partial charge in [0.05, 0.1) is 18.7 Å². The summed E-state index contributed by atoms with van der Waals surface area (Å²) in [6.45, 7) is 4.88. The van der Waals surface area contributed by atoms with Crippen LogP contribution in [0.25, 0.3) is 0 Å². The summed E-state index contributed by atoms with van der Waals surface area (Å²) in [7, 11) is -4.96. The second kappa shape index (κ2) is 10.2. The number of hydrogen-bond donors (Lipinski definition) is 7. The standard InChI is InChI=1S/C22H39N2O11PS/c1-18(11-33-15(25)9-7-6-8-14-16-13(10-37-14)23-17(26)24-16)20(3,27)22(5,29)21(4,28)19(2,35-18)12-34-36(30,31)32/h13-14,16,27-29H,6-12H2,1-5H3,(H2,23,24,26)(H2,30,31,32)/t13-,14?,16-,18+,19?,20-,21?,22?/m0/s1. The number of hydrogen-bond acceptors (Lipinski definition) is 10. The summed E-state index contributed by atoms with van der Waals surface area (Å²) in [4.78, 5) is 42.3. The van der Waals surface area contributed by atoms with Gasteiger partial charge in [-0.1, -0.05) is 6.42 Å². The smallest absolute Gasteiger partial charge is 0.462 e. The molecule has 3 saturated heterocycles. The van der Waals surface area contributed by atoms with Crippen LogP contribution in [0, 0.1) is 0 Å². The Morgan fingerprint density at radius 3 is 2.22 bits per heavy atom. The second-order valence-corrected chi connectivity index (χ2v) is 13.6. The minimum absolute atomic E-state index is 0.0870. The first-order valence-electron chi connectivity index (χ1n) is 12.2. The van der Waals surface area contributed by atoms with Crippen LogP contribution in [0.4, 0.5) is 4.79 Å². The third-order valence-electron chi connectivity index (χ3n) is 8.48. The lowest BCUT2D eigenvalue weighted by molar-refractivity contribution is -0.405. The predicted octanol–water partition coefficient (Wildman–Crippen LogP) is 0.165. The average molecular weight is 571 g/mol. The Labute approximate surface area is 220 Å². The number of esters is 1. The number of thioether (sulfide) groups is 1. The van der Waals surface area contributed by atoms with Gasteiger partial charge in [-0.25, -0.2) is 9.36 Å². The summed E-state index contributed by atoms with van der Waals surface area (Å²) < 4.78 is 27.2. The van der Waals surface area contributed by atoms with E-state index in [0.717, 1.165) is 25.5 Å². The highest BCUT2D eigenvalue weighted by molar-refractivity contribution is 8.00. The van der Waals surface area contributed by atoms with Crippen molar-refractivity contribution in [1.82, 2.24) is 10.6 Å². The summed E-state index contributed by atoms with van der Waals surface area (Å²) in [5, 5.41) is 39.8. The lowest BCUT2D eigenvalue weighted by Gasteiger charge is -2.65. The molecule has 0 bridgehead atoms. The molecular formula is C22H39N2O11PS. The predicted molar refractivity (Wildman–Crippen MR) is 133 cm³/mol. The summed E-state index contributed by atoms with van der Waals surface area (Å²) in [6.07, 6.45) is 2.21. The van der Waals surface area contributed by atoms with Crippen LogP contribution in [0.3, 0.4) is 0 Å². The summed E-state index contributed by atoms with van der Waals surface area (Å²) >= 11 is 1.79. The van der Waals surface area contributed by atoms with Crippen LogP contribution < -0.4 is 10.6 Å². The monoisotopic (exact) mass is 570 g/mol. The van der Waals surface area contributed by atoms with E-state index >= 15 is 0 Å². The number of carbonyl (C=O) groups is 2.